The van der Waals surface area contributed by atoms with E-state index in [1.54, 1.807) is 18.2 Å². The molecule has 28 heavy (non-hydrogen) atoms. The molecule has 0 bridgehead atoms. The van der Waals surface area contributed by atoms with Gasteiger partial charge < -0.3 is 15.5 Å². The third-order valence-corrected chi connectivity index (χ3v) is 5.13. The topological polar surface area (TPSA) is 68.3 Å². The van der Waals surface area contributed by atoms with Crippen LogP contribution in [0.4, 0.5) is 0 Å². The van der Waals surface area contributed by atoms with Gasteiger partial charge in [-0.1, -0.05) is 55.8 Å². The van der Waals surface area contributed by atoms with E-state index in [-0.39, 0.29) is 17.4 Å². The number of benzene rings is 2. The largest absolute Gasteiger partial charge is 0.459 e. The molecule has 0 saturated carbocycles. The Morgan fingerprint density at radius 1 is 1.14 bits per heavy atom. The lowest BCUT2D eigenvalue weighted by Crippen LogP contribution is -2.30. The molecule has 4 nitrogen and oxygen atoms in total. The van der Waals surface area contributed by atoms with Gasteiger partial charge in [-0.05, 0) is 43.1 Å². The van der Waals surface area contributed by atoms with Gasteiger partial charge in [0, 0.05) is 23.1 Å². The first kappa shape index (κ1) is 20.6. The van der Waals surface area contributed by atoms with E-state index in [9.17, 15) is 4.79 Å². The summed E-state index contributed by atoms with van der Waals surface area (Å²) in [5, 5.41) is 4.63. The number of nitrogens with two attached hydrogens (primary N) is 1. The lowest BCUT2D eigenvalue weighted by Gasteiger charge is -2.24. The minimum absolute atomic E-state index is 0.00282. The molecule has 0 aliphatic heterocycles. The number of nitrogens with one attached hydrogen (secondary N) is 1. The maximum absolute atomic E-state index is 13.4. The van der Waals surface area contributed by atoms with Crippen LogP contribution in [0.1, 0.15) is 43.2 Å². The Morgan fingerprint density at radius 2 is 1.89 bits per heavy atom. The zero-order valence-electron chi connectivity index (χ0n) is 16.4. The van der Waals surface area contributed by atoms with Crippen LogP contribution in [0.15, 0.2) is 57.7 Å². The van der Waals surface area contributed by atoms with Gasteiger partial charge in [0.25, 0.3) is 0 Å². The molecule has 0 saturated heterocycles. The van der Waals surface area contributed by atoms with Crippen molar-refractivity contribution in [2.75, 3.05) is 13.1 Å². The highest BCUT2D eigenvalue weighted by atomic mass is 35.5. The fourth-order valence-electron chi connectivity index (χ4n) is 3.43. The van der Waals surface area contributed by atoms with Crippen LogP contribution in [-0.4, -0.2) is 13.1 Å². The Balaban J connectivity index is 2.16. The third kappa shape index (κ3) is 4.64. The standard InChI is InChI=1S/C23H27ClN2O2/c1-15(2)21(26-12-6-11-25)23-19(13-16-7-4-3-5-8-16)22(27)18-10-9-17(24)14-20(18)28-23/h3-5,7-10,14-15,21,26H,6,11-13,25H2,1-2H3. The minimum Gasteiger partial charge on any atom is -0.459 e. The van der Waals surface area contributed by atoms with Crippen molar-refractivity contribution in [2.45, 2.75) is 32.7 Å². The van der Waals surface area contributed by atoms with Crippen molar-refractivity contribution in [2.24, 2.45) is 11.7 Å². The van der Waals surface area contributed by atoms with Gasteiger partial charge in [-0.15, -0.1) is 0 Å². The minimum atomic E-state index is -0.0821. The van der Waals surface area contributed by atoms with Gasteiger partial charge in [-0.2, -0.15) is 0 Å². The average molecular weight is 399 g/mol. The molecule has 0 radical (unpaired) electrons. The molecule has 1 atom stereocenters. The van der Waals surface area contributed by atoms with Crippen molar-refractivity contribution in [1.29, 1.82) is 0 Å². The maximum Gasteiger partial charge on any atom is 0.196 e. The molecule has 1 unspecified atom stereocenters. The summed E-state index contributed by atoms with van der Waals surface area (Å²) < 4.78 is 6.30. The van der Waals surface area contributed by atoms with Gasteiger partial charge in [-0.25, -0.2) is 0 Å². The quantitative estimate of drug-likeness (QED) is 0.541. The first-order chi connectivity index (χ1) is 13.5. The second kappa shape index (κ2) is 9.37. The lowest BCUT2D eigenvalue weighted by atomic mass is 9.93. The second-order valence-corrected chi connectivity index (χ2v) is 7.83. The normalized spacial score (nSPS) is 12.6. The van der Waals surface area contributed by atoms with E-state index >= 15 is 0 Å². The molecular weight excluding hydrogens is 372 g/mol. The summed E-state index contributed by atoms with van der Waals surface area (Å²) in [6.45, 7) is 5.62. The Bertz CT molecular complexity index is 983. The van der Waals surface area contributed by atoms with Crippen molar-refractivity contribution in [3.8, 4) is 0 Å². The highest BCUT2D eigenvalue weighted by molar-refractivity contribution is 6.31. The summed E-state index contributed by atoms with van der Waals surface area (Å²) >= 11 is 6.15. The first-order valence-corrected chi connectivity index (χ1v) is 10.1. The highest BCUT2D eigenvalue weighted by Crippen LogP contribution is 2.29. The Kier molecular flexibility index (Phi) is 6.89. The molecule has 3 N–H and O–H groups in total. The van der Waals surface area contributed by atoms with Crippen molar-refractivity contribution >= 4 is 22.6 Å². The molecule has 0 amide bonds. The van der Waals surface area contributed by atoms with E-state index in [2.05, 4.69) is 19.2 Å². The first-order valence-electron chi connectivity index (χ1n) is 9.73. The van der Waals surface area contributed by atoms with E-state index < -0.39 is 0 Å². The summed E-state index contributed by atoms with van der Waals surface area (Å²) in [5.41, 5.74) is 7.95. The number of rotatable bonds is 8. The second-order valence-electron chi connectivity index (χ2n) is 7.39. The van der Waals surface area contributed by atoms with E-state index in [1.807, 2.05) is 30.3 Å². The molecule has 2 aromatic carbocycles. The number of halogens is 1. The van der Waals surface area contributed by atoms with Crippen LogP contribution in [0.2, 0.25) is 5.02 Å². The van der Waals surface area contributed by atoms with Crippen LogP contribution < -0.4 is 16.5 Å². The SMILES string of the molecule is CC(C)C(NCCCN)c1oc2cc(Cl)ccc2c(=O)c1Cc1ccccc1. The predicted octanol–water partition coefficient (Wildman–Crippen LogP) is 4.67. The van der Waals surface area contributed by atoms with Crippen molar-refractivity contribution < 1.29 is 4.42 Å². The van der Waals surface area contributed by atoms with Crippen LogP contribution in [0, 0.1) is 5.92 Å². The summed E-state index contributed by atoms with van der Waals surface area (Å²) in [5.74, 6) is 0.933. The van der Waals surface area contributed by atoms with Gasteiger partial charge in [0.2, 0.25) is 0 Å². The van der Waals surface area contributed by atoms with Gasteiger partial charge in [0.15, 0.2) is 5.43 Å². The molecule has 1 aromatic heterocycles. The highest BCUT2D eigenvalue weighted by Gasteiger charge is 2.25. The summed E-state index contributed by atoms with van der Waals surface area (Å²) in [6, 6.07) is 15.1. The molecule has 3 aromatic rings. The van der Waals surface area contributed by atoms with Gasteiger partial charge in [0.1, 0.15) is 11.3 Å². The van der Waals surface area contributed by atoms with Gasteiger partial charge in [-0.3, -0.25) is 4.79 Å². The van der Waals surface area contributed by atoms with Crippen molar-refractivity contribution in [3.05, 3.63) is 80.7 Å². The van der Waals surface area contributed by atoms with Crippen molar-refractivity contribution in [3.63, 3.8) is 0 Å². The van der Waals surface area contributed by atoms with E-state index in [0.717, 1.165) is 18.5 Å². The van der Waals surface area contributed by atoms with Crippen LogP contribution in [-0.2, 0) is 6.42 Å². The van der Waals surface area contributed by atoms with Crippen LogP contribution >= 0.6 is 11.6 Å². The fraction of sp³-hybridized carbons (Fsp3) is 0.348. The van der Waals surface area contributed by atoms with E-state index in [0.29, 0.717) is 40.3 Å². The van der Waals surface area contributed by atoms with Crippen LogP contribution in [0.3, 0.4) is 0 Å². The number of fused-ring (bicyclic) bond motifs is 1. The Morgan fingerprint density at radius 3 is 2.57 bits per heavy atom. The van der Waals surface area contributed by atoms with Crippen LogP contribution in [0.25, 0.3) is 11.0 Å². The molecular formula is C23H27ClN2O2. The molecule has 5 heteroatoms. The summed E-state index contributed by atoms with van der Waals surface area (Å²) in [7, 11) is 0. The van der Waals surface area contributed by atoms with Gasteiger partial charge >= 0.3 is 0 Å². The van der Waals surface area contributed by atoms with Crippen molar-refractivity contribution in [1.82, 2.24) is 5.32 Å². The summed E-state index contributed by atoms with van der Waals surface area (Å²) in [6.07, 6.45) is 1.39. The molecule has 0 aliphatic carbocycles. The van der Waals surface area contributed by atoms with E-state index in [1.165, 1.54) is 0 Å². The predicted molar refractivity (Wildman–Crippen MR) is 116 cm³/mol. The molecule has 0 spiro atoms. The number of hydrogen-bond acceptors (Lipinski definition) is 4. The zero-order valence-corrected chi connectivity index (χ0v) is 17.1. The van der Waals surface area contributed by atoms with E-state index in [4.69, 9.17) is 21.8 Å². The fourth-order valence-corrected chi connectivity index (χ4v) is 3.59. The number of hydrogen-bond donors (Lipinski definition) is 2. The zero-order chi connectivity index (χ0) is 20.1. The lowest BCUT2D eigenvalue weighted by molar-refractivity contribution is 0.342. The Labute approximate surface area is 170 Å². The van der Waals surface area contributed by atoms with Crippen LogP contribution in [0.5, 0.6) is 0 Å². The third-order valence-electron chi connectivity index (χ3n) is 4.90. The Hall–Kier alpha value is -2.14. The summed E-state index contributed by atoms with van der Waals surface area (Å²) in [4.78, 5) is 13.4. The smallest absolute Gasteiger partial charge is 0.196 e. The molecule has 3 rings (SSSR count). The monoisotopic (exact) mass is 398 g/mol. The van der Waals surface area contributed by atoms with Gasteiger partial charge in [0.05, 0.1) is 11.4 Å². The average Bonchev–Trinajstić information content (AvgIpc) is 2.68. The molecule has 0 aliphatic rings. The molecule has 148 valence electrons. The molecule has 1 heterocycles. The maximum atomic E-state index is 13.4. The molecule has 0 fully saturated rings.